The lowest BCUT2D eigenvalue weighted by Gasteiger charge is -2.45. The van der Waals surface area contributed by atoms with Gasteiger partial charge in [0.25, 0.3) is 0 Å². The van der Waals surface area contributed by atoms with Crippen molar-refractivity contribution in [2.45, 2.75) is 123 Å². The Kier molecular flexibility index (Phi) is 18.4. The summed E-state index contributed by atoms with van der Waals surface area (Å²) < 4.78 is 61.7. The molecule has 20 atom stereocenters. The van der Waals surface area contributed by atoms with Gasteiger partial charge in [-0.25, -0.2) is 4.79 Å². The summed E-state index contributed by atoms with van der Waals surface area (Å²) in [5.74, 6) is -3.67. The fraction of sp³-hybridized carbons (Fsp3) is 0.510. The molecule has 0 bridgehead atoms. The Bertz CT molecular complexity index is 2770. The highest BCUT2D eigenvalue weighted by molar-refractivity contribution is 5.88. The molecule has 0 aliphatic carbocycles. The lowest BCUT2D eigenvalue weighted by atomic mass is 9.97. The summed E-state index contributed by atoms with van der Waals surface area (Å²) in [4.78, 5) is 27.3. The van der Waals surface area contributed by atoms with Gasteiger partial charge in [0.2, 0.25) is 30.0 Å². The maximum Gasteiger partial charge on any atom is 0.330 e. The van der Waals surface area contributed by atoms with Gasteiger partial charge in [0, 0.05) is 23.8 Å². The first kappa shape index (κ1) is 58.3. The predicted molar refractivity (Wildman–Crippen MR) is 253 cm³/mol. The molecule has 5 heterocycles. The first-order valence-corrected chi connectivity index (χ1v) is 23.9. The molecule has 0 spiro atoms. The van der Waals surface area contributed by atoms with Crippen molar-refractivity contribution in [3.8, 4) is 45.8 Å². The summed E-state index contributed by atoms with van der Waals surface area (Å²) in [6.07, 6.45) is -33.8. The van der Waals surface area contributed by atoms with Gasteiger partial charge in [0.05, 0.1) is 26.9 Å². The Hall–Kier alpha value is -5.88. The molecular weight excluding hydrogens is 1050 g/mol. The van der Waals surface area contributed by atoms with Crippen LogP contribution in [0, 0.1) is 0 Å². The number of aromatic hydroxyl groups is 2. The van der Waals surface area contributed by atoms with Crippen LogP contribution in [-0.4, -0.2) is 244 Å². The fourth-order valence-corrected chi connectivity index (χ4v) is 8.84. The highest BCUT2D eigenvalue weighted by Gasteiger charge is 2.52. The Labute approximate surface area is 439 Å². The molecule has 0 saturated carbocycles. The van der Waals surface area contributed by atoms with E-state index in [9.17, 15) is 91.3 Å². The Morgan fingerprint density at radius 1 is 0.564 bits per heavy atom. The van der Waals surface area contributed by atoms with Gasteiger partial charge in [0.1, 0.15) is 132 Å². The first-order valence-electron chi connectivity index (χ1n) is 23.9. The Morgan fingerprint density at radius 3 is 1.69 bits per heavy atom. The summed E-state index contributed by atoms with van der Waals surface area (Å²) in [6, 6.07) is 11.1. The smallest absolute Gasteiger partial charge is 0.330 e. The highest BCUT2D eigenvalue weighted by Crippen LogP contribution is 2.40. The third kappa shape index (κ3) is 12.0. The summed E-state index contributed by atoms with van der Waals surface area (Å²) in [7, 11) is 1.32. The van der Waals surface area contributed by atoms with Crippen LogP contribution in [0.3, 0.4) is 0 Å². The molecule has 428 valence electrons. The van der Waals surface area contributed by atoms with E-state index in [1.165, 1.54) is 55.7 Å². The molecule has 78 heavy (non-hydrogen) atoms. The quantitative estimate of drug-likeness (QED) is 0.0346. The lowest BCUT2D eigenvalue weighted by Crippen LogP contribution is -2.65. The molecule has 8 rings (SSSR count). The van der Waals surface area contributed by atoms with Crippen molar-refractivity contribution in [1.82, 2.24) is 0 Å². The van der Waals surface area contributed by atoms with E-state index >= 15 is 0 Å². The van der Waals surface area contributed by atoms with Crippen LogP contribution >= 0.6 is 0 Å². The van der Waals surface area contributed by atoms with E-state index in [1.54, 1.807) is 0 Å². The van der Waals surface area contributed by atoms with E-state index in [0.717, 1.165) is 18.2 Å². The Balaban J connectivity index is 1.08. The molecule has 4 aliphatic rings. The molecular formula is C49H58O29. The van der Waals surface area contributed by atoms with E-state index in [0.29, 0.717) is 5.56 Å². The summed E-state index contributed by atoms with van der Waals surface area (Å²) in [5.41, 5.74) is -1.28. The molecule has 0 radical (unpaired) electrons. The molecule has 4 fully saturated rings. The maximum atomic E-state index is 14.6. The SMILES string of the molecule is COc1cc(C=CC(=O)OC[C@H]2O[C@@H](Oc3c(-c4ccc(O[C@@H]5O[C@H](CO)[C@@H](O)[C@H](O)[C@H]5O)cc4)oc4cc(O[C@@H]5O[C@H](CO)[C@@H](O[C@@H]6O[C@H](CO)[C@@H](O)[C@H](O)[C@H]6O)[C@H](O)[C@H]5O)cc(O)c4c3=O)[C@H](O)[C@@H](O)[C@@H]2O)ccc1O. The molecule has 1 aromatic heterocycles. The zero-order chi connectivity index (χ0) is 56.4. The molecule has 29 nitrogen and oxygen atoms in total. The van der Waals surface area contributed by atoms with Gasteiger partial charge in [-0.3, -0.25) is 4.79 Å². The molecule has 4 aromatic rings. The standard InChI is InChI=1S/C49H58O29/c1-68-23-10-17(2-8-21(23)53)3-9-29(55)69-16-28-33(58)37(62)41(66)49(76-28)78-45-34(59)30-22(54)11-20(71-47-42(67)38(63)44(27(15-52)75-47)77-48-40(65)36(61)32(57)26(14-51)74-48)12-24(30)72-43(45)18-4-6-19(7-5-18)70-46-39(64)35(60)31(56)25(13-50)73-46/h2-12,25-28,31-33,35-42,44,46-54,56-58,60-67H,13-16H2,1H3/t25-,26-,27-,28-,31-,32-,33-,35+,36+,37+,38-,39-,40-,41-,42-,44-,46-,47-,48+,49+/m1/s1. The summed E-state index contributed by atoms with van der Waals surface area (Å²) >= 11 is 0. The number of hydrogen-bond donors (Lipinski definition) is 16. The molecule has 3 aromatic carbocycles. The second-order valence-electron chi connectivity index (χ2n) is 18.4. The molecule has 0 amide bonds. The van der Waals surface area contributed by atoms with Crippen molar-refractivity contribution in [2.24, 2.45) is 0 Å². The molecule has 29 heteroatoms. The predicted octanol–water partition coefficient (Wildman–Crippen LogP) is -5.50. The number of esters is 1. The minimum Gasteiger partial charge on any atom is -0.507 e. The number of methoxy groups -OCH3 is 1. The number of benzene rings is 3. The largest absolute Gasteiger partial charge is 0.507 e. The van der Waals surface area contributed by atoms with Gasteiger partial charge >= 0.3 is 5.97 Å². The second kappa shape index (κ2) is 24.6. The second-order valence-corrected chi connectivity index (χ2v) is 18.4. The number of fused-ring (bicyclic) bond motifs is 1. The van der Waals surface area contributed by atoms with Crippen molar-refractivity contribution in [2.75, 3.05) is 33.5 Å². The molecule has 16 N–H and O–H groups in total. The highest BCUT2D eigenvalue weighted by atomic mass is 16.7. The summed E-state index contributed by atoms with van der Waals surface area (Å²) in [6.45, 7) is -3.27. The number of phenols is 2. The minimum atomic E-state index is -2.12. The van der Waals surface area contributed by atoms with E-state index in [1.807, 2.05) is 0 Å². The first-order chi connectivity index (χ1) is 37.2. The summed E-state index contributed by atoms with van der Waals surface area (Å²) in [5, 5.41) is 167. The van der Waals surface area contributed by atoms with Gasteiger partial charge < -0.3 is 133 Å². The zero-order valence-electron chi connectivity index (χ0n) is 40.7. The monoisotopic (exact) mass is 1110 g/mol. The van der Waals surface area contributed by atoms with Crippen molar-refractivity contribution in [3.63, 3.8) is 0 Å². The van der Waals surface area contributed by atoms with Crippen LogP contribution < -0.4 is 24.4 Å². The minimum absolute atomic E-state index is 0.0456. The molecule has 0 unspecified atom stereocenters. The molecule has 4 aliphatic heterocycles. The van der Waals surface area contributed by atoms with E-state index in [2.05, 4.69) is 0 Å². The van der Waals surface area contributed by atoms with E-state index in [-0.39, 0.29) is 22.8 Å². The normalized spacial score (nSPS) is 35.3. The van der Waals surface area contributed by atoms with Crippen LogP contribution in [0.25, 0.3) is 28.4 Å². The topological polar surface area (TPSA) is 463 Å². The Morgan fingerprint density at radius 2 is 1.09 bits per heavy atom. The van der Waals surface area contributed by atoms with Gasteiger partial charge in [-0.15, -0.1) is 0 Å². The van der Waals surface area contributed by atoms with Crippen molar-refractivity contribution < 1.29 is 138 Å². The van der Waals surface area contributed by atoms with Crippen LogP contribution in [0.5, 0.6) is 34.5 Å². The van der Waals surface area contributed by atoms with E-state index in [4.69, 9.17) is 51.8 Å². The number of carbonyl (C=O) groups is 1. The van der Waals surface area contributed by atoms with Crippen molar-refractivity contribution in [1.29, 1.82) is 0 Å². The number of phenolic OH excluding ortho intramolecular Hbond substituents is 2. The van der Waals surface area contributed by atoms with Crippen LogP contribution in [0.4, 0.5) is 0 Å². The van der Waals surface area contributed by atoms with Crippen LogP contribution in [-0.2, 0) is 33.2 Å². The van der Waals surface area contributed by atoms with Gasteiger partial charge in [-0.1, -0.05) is 6.07 Å². The average Bonchev–Trinajstić information content (AvgIpc) is 3.47. The number of rotatable bonds is 17. The number of aliphatic hydroxyl groups excluding tert-OH is 14. The van der Waals surface area contributed by atoms with Crippen LogP contribution in [0.15, 0.2) is 69.9 Å². The third-order valence-electron chi connectivity index (χ3n) is 13.2. The fourth-order valence-electron chi connectivity index (χ4n) is 8.84. The van der Waals surface area contributed by atoms with Gasteiger partial charge in [-0.05, 0) is 48.0 Å². The van der Waals surface area contributed by atoms with Crippen molar-refractivity contribution >= 4 is 23.0 Å². The van der Waals surface area contributed by atoms with Gasteiger partial charge in [-0.2, -0.15) is 0 Å². The molecule has 4 saturated heterocycles. The maximum absolute atomic E-state index is 14.6. The number of hydrogen-bond acceptors (Lipinski definition) is 29. The lowest BCUT2D eigenvalue weighted by molar-refractivity contribution is -0.352. The number of ether oxygens (including phenoxy) is 10. The number of aliphatic hydroxyl groups is 14. The number of carbonyl (C=O) groups excluding carboxylic acids is 1. The zero-order valence-corrected chi connectivity index (χ0v) is 40.7. The average molecular weight is 1110 g/mol. The third-order valence-corrected chi connectivity index (χ3v) is 13.2. The van der Waals surface area contributed by atoms with Gasteiger partial charge in [0.15, 0.2) is 23.5 Å². The van der Waals surface area contributed by atoms with Crippen molar-refractivity contribution in [3.05, 3.63) is 76.5 Å². The van der Waals surface area contributed by atoms with Crippen LogP contribution in [0.2, 0.25) is 0 Å². The van der Waals surface area contributed by atoms with E-state index < -0.39 is 195 Å². The van der Waals surface area contributed by atoms with Crippen LogP contribution in [0.1, 0.15) is 5.56 Å².